The van der Waals surface area contributed by atoms with Crippen LogP contribution in [-0.2, 0) is 0 Å². The van der Waals surface area contributed by atoms with E-state index < -0.39 is 0 Å². The van der Waals surface area contributed by atoms with Gasteiger partial charge in [-0.25, -0.2) is 0 Å². The number of nitrogens with two attached hydrogens (primary N) is 1. The summed E-state index contributed by atoms with van der Waals surface area (Å²) >= 11 is 0. The molecule has 0 heterocycles. The van der Waals surface area contributed by atoms with Crippen molar-refractivity contribution in [2.24, 2.45) is 29.4 Å². The van der Waals surface area contributed by atoms with E-state index in [9.17, 15) is 0 Å². The minimum atomic E-state index is 0.550. The second-order valence-corrected chi connectivity index (χ2v) is 5.67. The van der Waals surface area contributed by atoms with Crippen LogP contribution in [-0.4, -0.2) is 6.04 Å². The van der Waals surface area contributed by atoms with E-state index in [1.165, 1.54) is 44.9 Å². The van der Waals surface area contributed by atoms with Crippen molar-refractivity contribution in [2.45, 2.75) is 51.0 Å². The fourth-order valence-corrected chi connectivity index (χ4v) is 3.21. The van der Waals surface area contributed by atoms with Gasteiger partial charge >= 0.3 is 0 Å². The van der Waals surface area contributed by atoms with Gasteiger partial charge in [-0.05, 0) is 55.8 Å². The van der Waals surface area contributed by atoms with E-state index in [1.54, 1.807) is 0 Å². The Balaban J connectivity index is 1.51. The highest BCUT2D eigenvalue weighted by Gasteiger charge is 2.43. The minimum absolute atomic E-state index is 0.550. The van der Waals surface area contributed by atoms with Gasteiger partial charge in [0.25, 0.3) is 0 Å². The first-order chi connectivity index (χ1) is 6.33. The summed E-state index contributed by atoms with van der Waals surface area (Å²) in [5.74, 6) is 4.14. The summed E-state index contributed by atoms with van der Waals surface area (Å²) in [6.07, 6.45) is 10.2. The fraction of sp³-hybridized carbons (Fsp3) is 1.00. The van der Waals surface area contributed by atoms with Crippen molar-refractivity contribution in [3.63, 3.8) is 0 Å². The van der Waals surface area contributed by atoms with E-state index in [-0.39, 0.29) is 0 Å². The van der Waals surface area contributed by atoms with E-state index in [0.29, 0.717) is 6.04 Å². The Morgan fingerprint density at radius 2 is 1.85 bits per heavy atom. The molecule has 0 spiro atoms. The molecule has 3 aliphatic carbocycles. The standard InChI is InChI=1S/C12H21N/c13-12(5-8-1-2-8)10-4-3-9-6-11(9)7-10/h8-12H,1-7,13H2. The van der Waals surface area contributed by atoms with Crippen LogP contribution in [0.3, 0.4) is 0 Å². The smallest absolute Gasteiger partial charge is 0.00699 e. The zero-order chi connectivity index (χ0) is 8.84. The summed E-state index contributed by atoms with van der Waals surface area (Å²) < 4.78 is 0. The molecule has 0 amide bonds. The molecule has 74 valence electrons. The number of hydrogen-bond donors (Lipinski definition) is 1. The molecule has 13 heavy (non-hydrogen) atoms. The molecule has 2 N–H and O–H groups in total. The highest BCUT2D eigenvalue weighted by Crippen LogP contribution is 2.52. The first-order valence-corrected chi connectivity index (χ1v) is 6.08. The number of hydrogen-bond acceptors (Lipinski definition) is 1. The average molecular weight is 179 g/mol. The summed E-state index contributed by atoms with van der Waals surface area (Å²) in [4.78, 5) is 0. The Hall–Kier alpha value is -0.0400. The van der Waals surface area contributed by atoms with E-state index in [2.05, 4.69) is 0 Å². The maximum atomic E-state index is 6.27. The zero-order valence-corrected chi connectivity index (χ0v) is 8.41. The van der Waals surface area contributed by atoms with Gasteiger partial charge in [0.2, 0.25) is 0 Å². The van der Waals surface area contributed by atoms with Gasteiger partial charge < -0.3 is 5.73 Å². The second kappa shape index (κ2) is 2.98. The summed E-state index contributed by atoms with van der Waals surface area (Å²) in [5.41, 5.74) is 6.27. The number of fused-ring (bicyclic) bond motifs is 1. The SMILES string of the molecule is NC(CC1CC1)C1CCC2CC2C1. The van der Waals surface area contributed by atoms with E-state index in [1.807, 2.05) is 0 Å². The van der Waals surface area contributed by atoms with Gasteiger partial charge in [0, 0.05) is 6.04 Å². The summed E-state index contributed by atoms with van der Waals surface area (Å²) in [5, 5.41) is 0. The summed E-state index contributed by atoms with van der Waals surface area (Å²) in [6, 6.07) is 0.550. The third-order valence-corrected chi connectivity index (χ3v) is 4.49. The van der Waals surface area contributed by atoms with Gasteiger partial charge in [-0.15, -0.1) is 0 Å². The fourth-order valence-electron chi connectivity index (χ4n) is 3.21. The lowest BCUT2D eigenvalue weighted by Gasteiger charge is -2.27. The summed E-state index contributed by atoms with van der Waals surface area (Å²) in [7, 11) is 0. The van der Waals surface area contributed by atoms with Crippen LogP contribution in [0.2, 0.25) is 0 Å². The van der Waals surface area contributed by atoms with Gasteiger partial charge in [-0.1, -0.05) is 12.8 Å². The van der Waals surface area contributed by atoms with Crippen molar-refractivity contribution in [3.8, 4) is 0 Å². The molecule has 0 aliphatic heterocycles. The molecule has 0 aromatic heterocycles. The lowest BCUT2D eigenvalue weighted by molar-refractivity contribution is 0.278. The van der Waals surface area contributed by atoms with E-state index in [4.69, 9.17) is 5.73 Å². The van der Waals surface area contributed by atoms with Crippen LogP contribution in [0.4, 0.5) is 0 Å². The van der Waals surface area contributed by atoms with Crippen LogP contribution >= 0.6 is 0 Å². The molecule has 3 fully saturated rings. The lowest BCUT2D eigenvalue weighted by Crippen LogP contribution is -2.32. The molecule has 4 unspecified atom stereocenters. The summed E-state index contributed by atoms with van der Waals surface area (Å²) in [6.45, 7) is 0. The molecule has 4 atom stereocenters. The molecule has 0 aromatic rings. The van der Waals surface area contributed by atoms with Crippen LogP contribution in [0.1, 0.15) is 44.9 Å². The van der Waals surface area contributed by atoms with Crippen molar-refractivity contribution in [1.29, 1.82) is 0 Å². The monoisotopic (exact) mass is 179 g/mol. The Bertz CT molecular complexity index is 197. The molecule has 1 heteroatoms. The molecule has 0 aromatic carbocycles. The minimum Gasteiger partial charge on any atom is -0.327 e. The van der Waals surface area contributed by atoms with Crippen molar-refractivity contribution >= 4 is 0 Å². The lowest BCUT2D eigenvalue weighted by atomic mass is 9.82. The molecule has 3 saturated carbocycles. The largest absolute Gasteiger partial charge is 0.327 e. The molecule has 3 aliphatic rings. The number of rotatable bonds is 3. The first kappa shape index (κ1) is 8.28. The topological polar surface area (TPSA) is 26.0 Å². The Morgan fingerprint density at radius 3 is 2.54 bits per heavy atom. The van der Waals surface area contributed by atoms with Crippen LogP contribution < -0.4 is 5.73 Å². The Morgan fingerprint density at radius 1 is 1.00 bits per heavy atom. The van der Waals surface area contributed by atoms with Crippen LogP contribution in [0.15, 0.2) is 0 Å². The maximum absolute atomic E-state index is 6.27. The third kappa shape index (κ3) is 1.76. The van der Waals surface area contributed by atoms with E-state index >= 15 is 0 Å². The molecule has 1 nitrogen and oxygen atoms in total. The average Bonchev–Trinajstić information content (AvgIpc) is 2.98. The quantitative estimate of drug-likeness (QED) is 0.708. The van der Waals surface area contributed by atoms with E-state index in [0.717, 1.165) is 23.7 Å². The molecular weight excluding hydrogens is 158 g/mol. The van der Waals surface area contributed by atoms with Crippen molar-refractivity contribution in [2.75, 3.05) is 0 Å². The first-order valence-electron chi connectivity index (χ1n) is 6.08. The molecular formula is C12H21N. The molecule has 0 radical (unpaired) electrons. The molecule has 3 rings (SSSR count). The zero-order valence-electron chi connectivity index (χ0n) is 8.41. The maximum Gasteiger partial charge on any atom is 0.00699 e. The van der Waals surface area contributed by atoms with Gasteiger partial charge in [-0.2, -0.15) is 0 Å². The Labute approximate surface area is 81.1 Å². The highest BCUT2D eigenvalue weighted by atomic mass is 14.7. The third-order valence-electron chi connectivity index (χ3n) is 4.49. The van der Waals surface area contributed by atoms with Crippen molar-refractivity contribution in [3.05, 3.63) is 0 Å². The Kier molecular flexibility index (Phi) is 1.90. The van der Waals surface area contributed by atoms with Crippen molar-refractivity contribution < 1.29 is 0 Å². The van der Waals surface area contributed by atoms with Crippen LogP contribution in [0.5, 0.6) is 0 Å². The van der Waals surface area contributed by atoms with Crippen LogP contribution in [0.25, 0.3) is 0 Å². The van der Waals surface area contributed by atoms with Crippen molar-refractivity contribution in [1.82, 2.24) is 0 Å². The molecule has 0 saturated heterocycles. The predicted molar refractivity (Wildman–Crippen MR) is 54.3 cm³/mol. The predicted octanol–water partition coefficient (Wildman–Crippen LogP) is 2.55. The van der Waals surface area contributed by atoms with Gasteiger partial charge in [0.15, 0.2) is 0 Å². The normalized spacial score (nSPS) is 45.5. The van der Waals surface area contributed by atoms with Gasteiger partial charge in [-0.3, -0.25) is 0 Å². The van der Waals surface area contributed by atoms with Gasteiger partial charge in [0.05, 0.1) is 0 Å². The molecule has 0 bridgehead atoms. The van der Waals surface area contributed by atoms with Crippen LogP contribution in [0, 0.1) is 23.7 Å². The van der Waals surface area contributed by atoms with Gasteiger partial charge in [0.1, 0.15) is 0 Å². The highest BCUT2D eigenvalue weighted by molar-refractivity contribution is 4.95. The second-order valence-electron chi connectivity index (χ2n) is 5.67.